The molecule has 9 nitrogen and oxygen atoms in total. The number of nitrogens with zero attached hydrogens (tertiary/aromatic N) is 3. The van der Waals surface area contributed by atoms with Crippen LogP contribution < -0.4 is 20.7 Å². The summed E-state index contributed by atoms with van der Waals surface area (Å²) in [5.74, 6) is 3.68. The van der Waals surface area contributed by atoms with E-state index in [0.717, 1.165) is 87.4 Å². The molecule has 0 spiro atoms. The molecule has 9 heteroatoms. The van der Waals surface area contributed by atoms with Crippen LogP contribution in [0.4, 0.5) is 17.2 Å². The highest BCUT2D eigenvalue weighted by molar-refractivity contribution is 6.04. The fraction of sp³-hybridized carbons (Fsp3) is 0.367. The van der Waals surface area contributed by atoms with E-state index >= 15 is 0 Å². The number of carbonyl (C=O) groups is 1. The first-order valence-corrected chi connectivity index (χ1v) is 13.4. The Hall–Kier alpha value is -3.97. The Morgan fingerprint density at radius 3 is 2.85 bits per heavy atom. The van der Waals surface area contributed by atoms with E-state index in [4.69, 9.17) is 15.9 Å². The van der Waals surface area contributed by atoms with Crippen LogP contribution >= 0.6 is 0 Å². The highest BCUT2D eigenvalue weighted by Gasteiger charge is 2.15. The summed E-state index contributed by atoms with van der Waals surface area (Å²) < 4.78 is 11.6. The largest absolute Gasteiger partial charge is 0.491 e. The van der Waals surface area contributed by atoms with Crippen molar-refractivity contribution in [3.05, 3.63) is 59.9 Å². The summed E-state index contributed by atoms with van der Waals surface area (Å²) in [4.78, 5) is 24.3. The van der Waals surface area contributed by atoms with Crippen molar-refractivity contribution in [3.63, 3.8) is 0 Å². The number of aromatic nitrogens is 2. The first-order valence-electron chi connectivity index (χ1n) is 13.4. The zero-order valence-electron chi connectivity index (χ0n) is 22.0. The normalized spacial score (nSPS) is 15.9. The molecule has 2 saturated heterocycles. The Kier molecular flexibility index (Phi) is 9.01. The molecule has 2 fully saturated rings. The van der Waals surface area contributed by atoms with Crippen molar-refractivity contribution in [1.29, 1.82) is 0 Å². The number of amides is 1. The van der Waals surface area contributed by atoms with Gasteiger partial charge in [-0.25, -0.2) is 9.97 Å². The summed E-state index contributed by atoms with van der Waals surface area (Å²) in [6, 6.07) is 11.3. The molecule has 0 bridgehead atoms. The molecule has 0 aliphatic carbocycles. The molecule has 5 rings (SSSR count). The molecular formula is C30H34N6O3. The van der Waals surface area contributed by atoms with Crippen LogP contribution in [0.2, 0.25) is 0 Å². The average molecular weight is 527 g/mol. The Bertz CT molecular complexity index is 1370. The van der Waals surface area contributed by atoms with Gasteiger partial charge in [0.25, 0.3) is 0 Å². The van der Waals surface area contributed by atoms with E-state index in [2.05, 4.69) is 36.7 Å². The smallest absolute Gasteiger partial charge is 0.248 e. The average Bonchev–Trinajstić information content (AvgIpc) is 2.97. The molecular weight excluding hydrogens is 492 g/mol. The molecule has 3 N–H and O–H groups in total. The standard InChI is InChI=1S/C30H34N6O3/c1-2-22-5-3-6-24(17-22)34-30-25-19-27(35-29(37)18-23-7-9-31-10-8-23)28(20-26(25)32-21-33-30)39-14-4-11-36-12-15-38-16-13-36/h1,3,5-6,17-21,31H,4,7-16H2,(H,35,37)(H,32,33,34). The molecule has 39 heavy (non-hydrogen) atoms. The number of anilines is 3. The SMILES string of the molecule is C#Cc1cccc(Nc2ncnc3cc(OCCCN4CCOCC4)c(NC(=O)C=C4CCNCC4)cc23)c1. The van der Waals surface area contributed by atoms with Gasteiger partial charge >= 0.3 is 0 Å². The van der Waals surface area contributed by atoms with Crippen LogP contribution in [0.5, 0.6) is 5.75 Å². The van der Waals surface area contributed by atoms with Crippen LogP contribution in [0, 0.1) is 12.3 Å². The topological polar surface area (TPSA) is 101 Å². The second-order valence-electron chi connectivity index (χ2n) is 9.64. The molecule has 0 unspecified atom stereocenters. The Balaban J connectivity index is 1.38. The van der Waals surface area contributed by atoms with Gasteiger partial charge < -0.3 is 25.4 Å². The fourth-order valence-corrected chi connectivity index (χ4v) is 4.77. The van der Waals surface area contributed by atoms with Crippen molar-refractivity contribution in [2.45, 2.75) is 19.3 Å². The van der Waals surface area contributed by atoms with E-state index in [1.165, 1.54) is 6.33 Å². The van der Waals surface area contributed by atoms with E-state index in [9.17, 15) is 4.79 Å². The maximum atomic E-state index is 13.0. The first-order chi connectivity index (χ1) is 19.2. The zero-order valence-corrected chi connectivity index (χ0v) is 22.0. The van der Waals surface area contributed by atoms with E-state index in [0.29, 0.717) is 29.4 Å². The predicted octanol–water partition coefficient (Wildman–Crippen LogP) is 3.70. The number of rotatable bonds is 9. The third-order valence-electron chi connectivity index (χ3n) is 6.85. The van der Waals surface area contributed by atoms with Gasteiger partial charge in [0, 0.05) is 48.4 Å². The summed E-state index contributed by atoms with van der Waals surface area (Å²) in [7, 11) is 0. The second-order valence-corrected chi connectivity index (χ2v) is 9.64. The lowest BCUT2D eigenvalue weighted by atomic mass is 10.1. The van der Waals surface area contributed by atoms with Crippen molar-refractivity contribution in [2.24, 2.45) is 0 Å². The van der Waals surface area contributed by atoms with Crippen LogP contribution in [0.3, 0.4) is 0 Å². The Morgan fingerprint density at radius 2 is 2.03 bits per heavy atom. The van der Waals surface area contributed by atoms with Crippen molar-refractivity contribution in [2.75, 3.05) is 63.2 Å². The quantitative estimate of drug-likeness (QED) is 0.221. The van der Waals surface area contributed by atoms with Crippen molar-refractivity contribution in [1.82, 2.24) is 20.2 Å². The molecule has 1 amide bonds. The number of morpholine rings is 1. The highest BCUT2D eigenvalue weighted by Crippen LogP contribution is 2.33. The van der Waals surface area contributed by atoms with E-state index in [1.807, 2.05) is 36.4 Å². The van der Waals surface area contributed by atoms with Gasteiger partial charge in [-0.15, -0.1) is 6.42 Å². The number of ether oxygens (including phenoxy) is 2. The van der Waals surface area contributed by atoms with Crippen molar-refractivity contribution in [3.8, 4) is 18.1 Å². The number of fused-ring (bicyclic) bond motifs is 1. The molecule has 1 aromatic heterocycles. The van der Waals surface area contributed by atoms with Crippen molar-refractivity contribution >= 4 is 34.0 Å². The minimum atomic E-state index is -0.169. The van der Waals surface area contributed by atoms with E-state index in [1.54, 1.807) is 6.08 Å². The van der Waals surface area contributed by atoms with Crippen LogP contribution in [0.15, 0.2) is 54.4 Å². The Morgan fingerprint density at radius 1 is 1.18 bits per heavy atom. The molecule has 0 radical (unpaired) electrons. The number of hydrogen-bond acceptors (Lipinski definition) is 8. The third-order valence-corrected chi connectivity index (χ3v) is 6.85. The van der Waals surface area contributed by atoms with Crippen LogP contribution in [0.1, 0.15) is 24.8 Å². The van der Waals surface area contributed by atoms with Crippen LogP contribution in [-0.4, -0.2) is 73.3 Å². The fourth-order valence-electron chi connectivity index (χ4n) is 4.77. The van der Waals surface area contributed by atoms with Gasteiger partial charge in [0.1, 0.15) is 17.9 Å². The lowest BCUT2D eigenvalue weighted by Gasteiger charge is -2.26. The molecule has 3 aromatic rings. The number of terminal acetylenes is 1. The third kappa shape index (κ3) is 7.33. The number of carbonyl (C=O) groups excluding carboxylic acids is 1. The monoisotopic (exact) mass is 526 g/mol. The molecule has 3 heterocycles. The number of hydrogen-bond donors (Lipinski definition) is 3. The maximum absolute atomic E-state index is 13.0. The van der Waals surface area contributed by atoms with Crippen LogP contribution in [-0.2, 0) is 9.53 Å². The molecule has 202 valence electrons. The maximum Gasteiger partial charge on any atom is 0.248 e. The lowest BCUT2D eigenvalue weighted by Crippen LogP contribution is -2.37. The highest BCUT2D eigenvalue weighted by atomic mass is 16.5. The first kappa shape index (κ1) is 26.6. The number of piperidine rings is 1. The minimum absolute atomic E-state index is 0.169. The number of nitrogens with one attached hydrogen (secondary N) is 3. The molecule has 2 aromatic carbocycles. The van der Waals surface area contributed by atoms with Gasteiger partial charge in [-0.1, -0.05) is 17.6 Å². The van der Waals surface area contributed by atoms with Gasteiger partial charge in [-0.05, 0) is 56.6 Å². The summed E-state index contributed by atoms with van der Waals surface area (Å²) in [5.41, 5.74) is 4.01. The van der Waals surface area contributed by atoms with Gasteiger partial charge in [0.05, 0.1) is 31.0 Å². The van der Waals surface area contributed by atoms with Crippen molar-refractivity contribution < 1.29 is 14.3 Å². The van der Waals surface area contributed by atoms with Crippen LogP contribution in [0.25, 0.3) is 10.9 Å². The zero-order chi connectivity index (χ0) is 26.9. The molecule has 2 aliphatic heterocycles. The van der Waals surface area contributed by atoms with Gasteiger partial charge in [0.2, 0.25) is 5.91 Å². The summed E-state index contributed by atoms with van der Waals surface area (Å²) in [6.07, 6.45) is 11.4. The van der Waals surface area contributed by atoms with Gasteiger partial charge in [0.15, 0.2) is 0 Å². The Labute approximate surface area is 229 Å². The summed E-state index contributed by atoms with van der Waals surface area (Å²) >= 11 is 0. The molecule has 0 saturated carbocycles. The van der Waals surface area contributed by atoms with Gasteiger partial charge in [-0.3, -0.25) is 9.69 Å². The second kappa shape index (κ2) is 13.2. The minimum Gasteiger partial charge on any atom is -0.491 e. The predicted molar refractivity (Wildman–Crippen MR) is 153 cm³/mol. The molecule has 0 atom stereocenters. The van der Waals surface area contributed by atoms with Gasteiger partial charge in [-0.2, -0.15) is 0 Å². The summed E-state index contributed by atoms with van der Waals surface area (Å²) in [5, 5.41) is 10.5. The molecule has 2 aliphatic rings. The lowest BCUT2D eigenvalue weighted by molar-refractivity contribution is -0.112. The summed E-state index contributed by atoms with van der Waals surface area (Å²) in [6.45, 7) is 6.67. The number of benzene rings is 2. The van der Waals surface area contributed by atoms with E-state index in [-0.39, 0.29) is 5.91 Å². The van der Waals surface area contributed by atoms with E-state index < -0.39 is 0 Å².